The van der Waals surface area contributed by atoms with E-state index in [-0.39, 0.29) is 23.2 Å². The second-order valence-electron chi connectivity index (χ2n) is 9.29. The third-order valence-electron chi connectivity index (χ3n) is 7.04. The van der Waals surface area contributed by atoms with Crippen LogP contribution in [0.2, 0.25) is 0 Å². The molecule has 2 heterocycles. The normalized spacial score (nSPS) is 12.2. The van der Waals surface area contributed by atoms with Gasteiger partial charge in [0.05, 0.1) is 0 Å². The van der Waals surface area contributed by atoms with Gasteiger partial charge < -0.3 is 15.3 Å². The average Bonchev–Trinajstić information content (AvgIpc) is 2.94. The molecule has 0 aliphatic carbocycles. The van der Waals surface area contributed by atoms with Crippen LogP contribution in [-0.2, 0) is 11.8 Å². The molecule has 5 rings (SSSR count). The van der Waals surface area contributed by atoms with Crippen molar-refractivity contribution in [1.82, 2.24) is 9.97 Å². The van der Waals surface area contributed by atoms with Gasteiger partial charge in [-0.2, -0.15) is 0 Å². The van der Waals surface area contributed by atoms with Crippen LogP contribution in [0.5, 0.6) is 17.2 Å². The Morgan fingerprint density at radius 3 is 1.30 bits per heavy atom. The predicted octanol–water partition coefficient (Wildman–Crippen LogP) is 6.34. The molecule has 0 aliphatic rings. The number of phenolic OH excluding ortho intramolecular Hbond substituents is 3. The Morgan fingerprint density at radius 2 is 0.892 bits per heavy atom. The van der Waals surface area contributed by atoms with Crippen LogP contribution in [0.15, 0.2) is 122 Å². The molecule has 5 nitrogen and oxygen atoms in total. The number of aromatic nitrogens is 2. The number of phenols is 3. The minimum Gasteiger partial charge on any atom is -0.508 e. The van der Waals surface area contributed by atoms with Crippen LogP contribution in [0.1, 0.15) is 40.2 Å². The minimum absolute atomic E-state index is 0.0850. The van der Waals surface area contributed by atoms with E-state index in [0.29, 0.717) is 6.42 Å². The molecule has 1 atom stereocenters. The van der Waals surface area contributed by atoms with Crippen molar-refractivity contribution in [3.8, 4) is 17.2 Å². The van der Waals surface area contributed by atoms with Crippen molar-refractivity contribution >= 4 is 0 Å². The fourth-order valence-electron chi connectivity index (χ4n) is 5.21. The van der Waals surface area contributed by atoms with Crippen LogP contribution < -0.4 is 0 Å². The van der Waals surface area contributed by atoms with Gasteiger partial charge in [-0.25, -0.2) is 0 Å². The van der Waals surface area contributed by atoms with Gasteiger partial charge in [-0.05, 0) is 107 Å². The quantitative estimate of drug-likeness (QED) is 0.222. The van der Waals surface area contributed by atoms with Crippen molar-refractivity contribution in [3.63, 3.8) is 0 Å². The summed E-state index contributed by atoms with van der Waals surface area (Å²) in [5.74, 6) is 0.659. The van der Waals surface area contributed by atoms with Gasteiger partial charge >= 0.3 is 0 Å². The van der Waals surface area contributed by atoms with Gasteiger partial charge in [0.15, 0.2) is 0 Å². The molecule has 5 aromatic rings. The number of rotatable bonds is 8. The number of hydrogen-bond acceptors (Lipinski definition) is 5. The smallest absolute Gasteiger partial charge is 0.115 e. The van der Waals surface area contributed by atoms with Crippen LogP contribution in [0.3, 0.4) is 0 Å². The Kier molecular flexibility index (Phi) is 6.86. The van der Waals surface area contributed by atoms with Gasteiger partial charge in [-0.15, -0.1) is 0 Å². The summed E-state index contributed by atoms with van der Waals surface area (Å²) in [4.78, 5) is 8.43. The largest absolute Gasteiger partial charge is 0.508 e. The molecule has 5 heteroatoms. The fraction of sp³-hybridized carbons (Fsp3) is 0.125. The number of aromatic hydroxyl groups is 3. The lowest BCUT2D eigenvalue weighted by Crippen LogP contribution is -2.32. The van der Waals surface area contributed by atoms with Crippen LogP contribution in [-0.4, -0.2) is 25.3 Å². The van der Waals surface area contributed by atoms with E-state index in [1.165, 1.54) is 5.56 Å². The zero-order chi connectivity index (χ0) is 25.7. The van der Waals surface area contributed by atoms with Crippen molar-refractivity contribution in [3.05, 3.63) is 150 Å². The van der Waals surface area contributed by atoms with Crippen molar-refractivity contribution in [1.29, 1.82) is 0 Å². The molecule has 0 amide bonds. The molecular weight excluding hydrogens is 460 g/mol. The lowest BCUT2D eigenvalue weighted by molar-refractivity contribution is 0.461. The summed E-state index contributed by atoms with van der Waals surface area (Å²) in [5.41, 5.74) is 4.66. The van der Waals surface area contributed by atoms with Gasteiger partial charge in [-0.3, -0.25) is 9.97 Å². The Hall–Kier alpha value is -4.64. The zero-order valence-corrected chi connectivity index (χ0v) is 20.3. The fourth-order valence-corrected chi connectivity index (χ4v) is 5.21. The topological polar surface area (TPSA) is 86.5 Å². The van der Waals surface area contributed by atoms with Gasteiger partial charge in [-0.1, -0.05) is 36.4 Å². The molecule has 2 aromatic heterocycles. The van der Waals surface area contributed by atoms with Gasteiger partial charge in [0, 0.05) is 30.2 Å². The van der Waals surface area contributed by atoms with E-state index in [1.807, 2.05) is 73.3 Å². The third kappa shape index (κ3) is 5.16. The molecule has 0 bridgehead atoms. The monoisotopic (exact) mass is 488 g/mol. The summed E-state index contributed by atoms with van der Waals surface area (Å²) in [5, 5.41) is 30.3. The lowest BCUT2D eigenvalue weighted by Gasteiger charge is -2.39. The maximum Gasteiger partial charge on any atom is 0.115 e. The van der Waals surface area contributed by atoms with Gasteiger partial charge in [0.2, 0.25) is 0 Å². The molecule has 0 saturated heterocycles. The lowest BCUT2D eigenvalue weighted by atomic mass is 9.63. The molecule has 37 heavy (non-hydrogen) atoms. The van der Waals surface area contributed by atoms with E-state index < -0.39 is 5.41 Å². The summed E-state index contributed by atoms with van der Waals surface area (Å²) in [7, 11) is 0. The molecule has 0 saturated carbocycles. The van der Waals surface area contributed by atoms with E-state index in [2.05, 4.69) is 22.1 Å². The summed E-state index contributed by atoms with van der Waals surface area (Å²) in [6.07, 6.45) is 8.72. The highest BCUT2D eigenvalue weighted by molar-refractivity contribution is 5.53. The van der Waals surface area contributed by atoms with E-state index in [9.17, 15) is 15.3 Å². The van der Waals surface area contributed by atoms with Crippen molar-refractivity contribution in [2.45, 2.75) is 24.2 Å². The Labute approximate surface area is 216 Å². The van der Waals surface area contributed by atoms with Crippen LogP contribution in [0.25, 0.3) is 0 Å². The zero-order valence-electron chi connectivity index (χ0n) is 20.3. The van der Waals surface area contributed by atoms with E-state index in [4.69, 9.17) is 0 Å². The first-order valence-electron chi connectivity index (χ1n) is 12.2. The van der Waals surface area contributed by atoms with Crippen molar-refractivity contribution < 1.29 is 15.3 Å². The second-order valence-corrected chi connectivity index (χ2v) is 9.29. The highest BCUT2D eigenvalue weighted by Gasteiger charge is 2.39. The van der Waals surface area contributed by atoms with E-state index >= 15 is 0 Å². The van der Waals surface area contributed by atoms with Gasteiger partial charge in [0.1, 0.15) is 17.2 Å². The SMILES string of the molecule is Oc1ccc(C(CC(Cc2ccncc2)c2ccncc2)(c2ccc(O)cc2)c2ccc(O)cc2)cc1. The Balaban J connectivity index is 1.75. The second kappa shape index (κ2) is 10.5. The molecule has 0 fully saturated rings. The highest BCUT2D eigenvalue weighted by atomic mass is 16.3. The number of pyridine rings is 2. The standard InChI is InChI=1S/C32H28N2O3/c35-29-7-1-26(2-8-29)32(27-3-9-30(36)10-4-27,28-5-11-31(37)12-6-28)22-25(24-15-19-34-20-16-24)21-23-13-17-33-18-14-23/h1-20,25,35-37H,21-22H2. The maximum absolute atomic E-state index is 10.1. The van der Waals surface area contributed by atoms with Crippen molar-refractivity contribution in [2.75, 3.05) is 0 Å². The molecule has 184 valence electrons. The molecule has 0 aliphatic heterocycles. The van der Waals surface area contributed by atoms with Crippen molar-refractivity contribution in [2.24, 2.45) is 0 Å². The number of benzene rings is 3. The molecule has 0 radical (unpaired) electrons. The van der Waals surface area contributed by atoms with Crippen LogP contribution in [0, 0.1) is 0 Å². The van der Waals surface area contributed by atoms with Crippen LogP contribution in [0.4, 0.5) is 0 Å². The van der Waals surface area contributed by atoms with Crippen LogP contribution >= 0.6 is 0 Å². The highest BCUT2D eigenvalue weighted by Crippen LogP contribution is 2.48. The maximum atomic E-state index is 10.1. The molecule has 1 unspecified atom stereocenters. The summed E-state index contributed by atoms with van der Waals surface area (Å²) >= 11 is 0. The molecular formula is C32H28N2O3. The summed E-state index contributed by atoms with van der Waals surface area (Å²) in [6, 6.07) is 30.1. The van der Waals surface area contributed by atoms with E-state index in [0.717, 1.165) is 28.7 Å². The molecule has 3 N–H and O–H groups in total. The van der Waals surface area contributed by atoms with E-state index in [1.54, 1.807) is 36.4 Å². The summed E-state index contributed by atoms with van der Waals surface area (Å²) in [6.45, 7) is 0. The van der Waals surface area contributed by atoms with Gasteiger partial charge in [0.25, 0.3) is 0 Å². The predicted molar refractivity (Wildman–Crippen MR) is 144 cm³/mol. The first-order chi connectivity index (χ1) is 18.0. The Bertz CT molecular complexity index is 1310. The molecule has 0 spiro atoms. The molecule has 3 aromatic carbocycles. The number of nitrogens with zero attached hydrogens (tertiary/aromatic N) is 2. The first kappa shape index (κ1) is 24.1. The summed E-state index contributed by atoms with van der Waals surface area (Å²) < 4.78 is 0. The first-order valence-corrected chi connectivity index (χ1v) is 12.2. The number of hydrogen-bond donors (Lipinski definition) is 3. The Morgan fingerprint density at radius 1 is 0.514 bits per heavy atom. The minimum atomic E-state index is -0.657. The third-order valence-corrected chi connectivity index (χ3v) is 7.04. The average molecular weight is 489 g/mol.